The van der Waals surface area contributed by atoms with E-state index in [0.717, 1.165) is 22.3 Å². The number of nitrogens with one attached hydrogen (secondary N) is 1. The highest BCUT2D eigenvalue weighted by molar-refractivity contribution is 6.02. The number of benzene rings is 2. The number of carbonyl (C=O) groups excluding carboxylic acids is 1. The molecule has 1 N–H and O–H groups in total. The van der Waals surface area contributed by atoms with Crippen molar-refractivity contribution in [1.82, 2.24) is 5.32 Å². The van der Waals surface area contributed by atoms with Gasteiger partial charge in [-0.15, -0.1) is 0 Å². The minimum Gasteiger partial charge on any atom is -0.483 e. The molecular formula is C22H20FNO3. The number of halogens is 1. The summed E-state index contributed by atoms with van der Waals surface area (Å²) in [6.45, 7) is 6.06. The molecule has 0 saturated carbocycles. The van der Waals surface area contributed by atoms with Gasteiger partial charge in [-0.05, 0) is 56.7 Å². The number of amides is 1. The standard InChI is InChI=1S/C22H20FNO3/c1-13-19-16-9-10-22(2,3)27-17(16)7-8-18(19)26-20(13)21(25)24-12-14-5-4-6-15(23)11-14/h4-11H,12H2,1-3H3,(H,24,25). The van der Waals surface area contributed by atoms with Crippen molar-refractivity contribution >= 4 is 23.0 Å². The fourth-order valence-corrected chi connectivity index (χ4v) is 3.33. The second-order valence-electron chi connectivity index (χ2n) is 7.26. The van der Waals surface area contributed by atoms with Crippen molar-refractivity contribution in [2.45, 2.75) is 32.9 Å². The molecule has 0 atom stereocenters. The quantitative estimate of drug-likeness (QED) is 0.711. The first-order valence-electron chi connectivity index (χ1n) is 8.81. The molecule has 4 nitrogen and oxygen atoms in total. The SMILES string of the molecule is Cc1c(C(=O)NCc2cccc(F)c2)oc2ccc3c(c12)C=CC(C)(C)O3. The smallest absolute Gasteiger partial charge is 0.287 e. The normalized spacial score (nSPS) is 14.7. The summed E-state index contributed by atoms with van der Waals surface area (Å²) in [5, 5.41) is 3.66. The van der Waals surface area contributed by atoms with Crippen LogP contribution < -0.4 is 10.1 Å². The Bertz CT molecular complexity index is 1080. The number of carbonyl (C=O) groups is 1. The van der Waals surface area contributed by atoms with E-state index >= 15 is 0 Å². The zero-order chi connectivity index (χ0) is 19.2. The average Bonchev–Trinajstić information content (AvgIpc) is 2.96. The predicted molar refractivity (Wildman–Crippen MR) is 102 cm³/mol. The largest absolute Gasteiger partial charge is 0.483 e. The van der Waals surface area contributed by atoms with Crippen molar-refractivity contribution in [2.75, 3.05) is 0 Å². The third kappa shape index (κ3) is 3.21. The third-order valence-corrected chi connectivity index (χ3v) is 4.67. The Morgan fingerprint density at radius 1 is 1.22 bits per heavy atom. The van der Waals surface area contributed by atoms with Crippen LogP contribution in [-0.2, 0) is 6.54 Å². The summed E-state index contributed by atoms with van der Waals surface area (Å²) in [7, 11) is 0. The maximum Gasteiger partial charge on any atom is 0.287 e. The molecule has 0 spiro atoms. The number of ether oxygens (including phenoxy) is 1. The number of furan rings is 1. The fraction of sp³-hybridized carbons (Fsp3) is 0.227. The lowest BCUT2D eigenvalue weighted by Gasteiger charge is -2.28. The van der Waals surface area contributed by atoms with Gasteiger partial charge in [0.15, 0.2) is 5.76 Å². The first kappa shape index (κ1) is 17.3. The molecule has 2 aromatic carbocycles. The second-order valence-corrected chi connectivity index (χ2v) is 7.26. The fourth-order valence-electron chi connectivity index (χ4n) is 3.33. The van der Waals surface area contributed by atoms with E-state index in [4.69, 9.17) is 9.15 Å². The second kappa shape index (κ2) is 6.27. The highest BCUT2D eigenvalue weighted by atomic mass is 19.1. The Labute approximate surface area is 156 Å². The molecule has 5 heteroatoms. The highest BCUT2D eigenvalue weighted by Crippen LogP contribution is 2.39. The van der Waals surface area contributed by atoms with E-state index in [9.17, 15) is 9.18 Å². The minimum absolute atomic E-state index is 0.225. The lowest BCUT2D eigenvalue weighted by molar-refractivity contribution is 0.0924. The van der Waals surface area contributed by atoms with Gasteiger partial charge in [-0.3, -0.25) is 4.79 Å². The van der Waals surface area contributed by atoms with Crippen molar-refractivity contribution in [3.8, 4) is 5.75 Å². The van der Waals surface area contributed by atoms with E-state index in [1.54, 1.807) is 12.1 Å². The van der Waals surface area contributed by atoms with E-state index < -0.39 is 0 Å². The number of fused-ring (bicyclic) bond motifs is 3. The summed E-state index contributed by atoms with van der Waals surface area (Å²) in [6, 6.07) is 9.82. The van der Waals surface area contributed by atoms with Crippen LogP contribution in [-0.4, -0.2) is 11.5 Å². The Morgan fingerprint density at radius 2 is 2.04 bits per heavy atom. The van der Waals surface area contributed by atoms with E-state index in [2.05, 4.69) is 5.32 Å². The van der Waals surface area contributed by atoms with Crippen LogP contribution in [0.1, 0.15) is 41.1 Å². The van der Waals surface area contributed by atoms with Gasteiger partial charge < -0.3 is 14.5 Å². The van der Waals surface area contributed by atoms with Crippen molar-refractivity contribution in [2.24, 2.45) is 0 Å². The van der Waals surface area contributed by atoms with Crippen LogP contribution in [0, 0.1) is 12.7 Å². The van der Waals surface area contributed by atoms with Crippen LogP contribution in [0.5, 0.6) is 5.75 Å². The monoisotopic (exact) mass is 365 g/mol. The van der Waals surface area contributed by atoms with Crippen molar-refractivity contribution in [3.63, 3.8) is 0 Å². The third-order valence-electron chi connectivity index (χ3n) is 4.67. The first-order chi connectivity index (χ1) is 12.8. The molecule has 0 fully saturated rings. The lowest BCUT2D eigenvalue weighted by atomic mass is 9.98. The Morgan fingerprint density at radius 3 is 2.81 bits per heavy atom. The molecule has 4 rings (SSSR count). The van der Waals surface area contributed by atoms with Gasteiger partial charge in [0.2, 0.25) is 0 Å². The minimum atomic E-state index is -0.372. The van der Waals surface area contributed by atoms with Gasteiger partial charge >= 0.3 is 0 Å². The van der Waals surface area contributed by atoms with Crippen LogP contribution >= 0.6 is 0 Å². The van der Waals surface area contributed by atoms with Gasteiger partial charge in [0.25, 0.3) is 5.91 Å². The van der Waals surface area contributed by atoms with Gasteiger partial charge in [0, 0.05) is 23.1 Å². The lowest BCUT2D eigenvalue weighted by Crippen LogP contribution is -2.27. The predicted octanol–water partition coefficient (Wildman–Crippen LogP) is 4.99. The zero-order valence-corrected chi connectivity index (χ0v) is 15.4. The summed E-state index contributed by atoms with van der Waals surface area (Å²) in [5.74, 6) is 0.365. The summed E-state index contributed by atoms with van der Waals surface area (Å²) in [6.07, 6.45) is 4.00. The molecular weight excluding hydrogens is 345 g/mol. The molecule has 1 amide bonds. The molecule has 1 aromatic heterocycles. The molecule has 27 heavy (non-hydrogen) atoms. The number of hydrogen-bond acceptors (Lipinski definition) is 3. The van der Waals surface area contributed by atoms with Crippen LogP contribution in [0.15, 0.2) is 46.9 Å². The van der Waals surface area contributed by atoms with Crippen molar-refractivity contribution in [1.29, 1.82) is 0 Å². The van der Waals surface area contributed by atoms with Gasteiger partial charge in [-0.2, -0.15) is 0 Å². The van der Waals surface area contributed by atoms with Crippen LogP contribution in [0.25, 0.3) is 17.0 Å². The van der Waals surface area contributed by atoms with Gasteiger partial charge in [-0.1, -0.05) is 18.2 Å². The molecule has 0 unspecified atom stereocenters. The van der Waals surface area contributed by atoms with Gasteiger partial charge in [0.1, 0.15) is 22.8 Å². The molecule has 0 bridgehead atoms. The molecule has 2 heterocycles. The van der Waals surface area contributed by atoms with E-state index in [1.807, 2.05) is 45.1 Å². The van der Waals surface area contributed by atoms with Crippen LogP contribution in [0.4, 0.5) is 4.39 Å². The molecule has 0 aliphatic carbocycles. The molecule has 3 aromatic rings. The molecule has 138 valence electrons. The topological polar surface area (TPSA) is 51.5 Å². The first-order valence-corrected chi connectivity index (χ1v) is 8.81. The van der Waals surface area contributed by atoms with Gasteiger partial charge in [-0.25, -0.2) is 4.39 Å². The Kier molecular flexibility index (Phi) is 4.02. The maximum absolute atomic E-state index is 13.3. The summed E-state index contributed by atoms with van der Waals surface area (Å²) in [4.78, 5) is 12.6. The Balaban J connectivity index is 1.65. The number of aryl methyl sites for hydroxylation is 1. The highest BCUT2D eigenvalue weighted by Gasteiger charge is 2.26. The van der Waals surface area contributed by atoms with Crippen molar-refractivity contribution in [3.05, 3.63) is 70.7 Å². The van der Waals surface area contributed by atoms with E-state index in [-0.39, 0.29) is 29.6 Å². The number of rotatable bonds is 3. The molecule has 0 radical (unpaired) electrons. The Hall–Kier alpha value is -3.08. The van der Waals surface area contributed by atoms with E-state index in [1.165, 1.54) is 12.1 Å². The summed E-state index contributed by atoms with van der Waals surface area (Å²) >= 11 is 0. The van der Waals surface area contributed by atoms with Crippen molar-refractivity contribution < 1.29 is 18.3 Å². The molecule has 1 aliphatic rings. The molecule has 0 saturated heterocycles. The summed E-state index contributed by atoms with van der Waals surface area (Å²) in [5.41, 5.74) is 2.62. The van der Waals surface area contributed by atoms with Crippen LogP contribution in [0.3, 0.4) is 0 Å². The zero-order valence-electron chi connectivity index (χ0n) is 15.4. The molecule has 1 aliphatic heterocycles. The maximum atomic E-state index is 13.3. The van der Waals surface area contributed by atoms with Gasteiger partial charge in [0.05, 0.1) is 0 Å². The van der Waals surface area contributed by atoms with Crippen LogP contribution in [0.2, 0.25) is 0 Å². The number of hydrogen-bond donors (Lipinski definition) is 1. The summed E-state index contributed by atoms with van der Waals surface area (Å²) < 4.78 is 25.1. The van der Waals surface area contributed by atoms with E-state index in [0.29, 0.717) is 11.1 Å². The average molecular weight is 365 g/mol.